The number of aryl methyl sites for hydroxylation is 1. The fourth-order valence-electron chi connectivity index (χ4n) is 2.57. The van der Waals surface area contributed by atoms with Gasteiger partial charge in [0.1, 0.15) is 5.82 Å². The molecule has 2 aromatic heterocycles. The summed E-state index contributed by atoms with van der Waals surface area (Å²) in [5, 5.41) is 13.7. The zero-order valence-electron chi connectivity index (χ0n) is 13.7. The predicted octanol–water partition coefficient (Wildman–Crippen LogP) is 2.13. The van der Waals surface area contributed by atoms with E-state index in [1.165, 1.54) is 6.07 Å². The van der Waals surface area contributed by atoms with Gasteiger partial charge in [0.05, 0.1) is 27.9 Å². The standard InChI is InChI=1S/C16H18N4O4S/c1-11-13(20(22)23)9-14(25-11)16(21)18-10-12-2-3-17-15(8-12)19-4-6-24-7-5-19/h2-3,8-9H,4-7,10H2,1H3,(H,18,21). The number of anilines is 1. The van der Waals surface area contributed by atoms with Gasteiger partial charge < -0.3 is 15.0 Å². The van der Waals surface area contributed by atoms with Crippen LogP contribution in [0.25, 0.3) is 0 Å². The number of carbonyl (C=O) groups is 1. The van der Waals surface area contributed by atoms with Crippen LogP contribution in [0.4, 0.5) is 11.5 Å². The lowest BCUT2D eigenvalue weighted by Gasteiger charge is -2.28. The lowest BCUT2D eigenvalue weighted by atomic mass is 10.2. The smallest absolute Gasteiger partial charge is 0.283 e. The normalized spacial score (nSPS) is 14.4. The molecule has 1 aliphatic rings. The number of hydrogen-bond acceptors (Lipinski definition) is 7. The van der Waals surface area contributed by atoms with Crippen molar-refractivity contribution in [3.8, 4) is 0 Å². The molecule has 3 rings (SSSR count). The van der Waals surface area contributed by atoms with Crippen LogP contribution in [0, 0.1) is 17.0 Å². The van der Waals surface area contributed by atoms with Crippen molar-refractivity contribution in [2.45, 2.75) is 13.5 Å². The van der Waals surface area contributed by atoms with Gasteiger partial charge in [-0.25, -0.2) is 4.98 Å². The van der Waals surface area contributed by atoms with Crippen LogP contribution in [0.3, 0.4) is 0 Å². The molecule has 1 amide bonds. The molecular formula is C16H18N4O4S. The van der Waals surface area contributed by atoms with Gasteiger partial charge >= 0.3 is 0 Å². The van der Waals surface area contributed by atoms with Gasteiger partial charge in [-0.3, -0.25) is 14.9 Å². The number of morpholine rings is 1. The highest BCUT2D eigenvalue weighted by atomic mass is 32.1. The molecule has 1 N–H and O–H groups in total. The first kappa shape index (κ1) is 17.3. The maximum atomic E-state index is 12.2. The van der Waals surface area contributed by atoms with Crippen molar-refractivity contribution in [1.29, 1.82) is 0 Å². The number of thiophene rings is 1. The summed E-state index contributed by atoms with van der Waals surface area (Å²) in [6.07, 6.45) is 1.71. The highest BCUT2D eigenvalue weighted by molar-refractivity contribution is 7.14. The van der Waals surface area contributed by atoms with Crippen molar-refractivity contribution in [1.82, 2.24) is 10.3 Å². The van der Waals surface area contributed by atoms with Crippen LogP contribution >= 0.6 is 11.3 Å². The second-order valence-electron chi connectivity index (χ2n) is 5.61. The number of ether oxygens (including phenoxy) is 1. The van der Waals surface area contributed by atoms with Crippen molar-refractivity contribution in [3.05, 3.63) is 49.8 Å². The molecule has 1 fully saturated rings. The van der Waals surface area contributed by atoms with E-state index in [-0.39, 0.29) is 11.6 Å². The van der Waals surface area contributed by atoms with E-state index in [1.807, 2.05) is 12.1 Å². The quantitative estimate of drug-likeness (QED) is 0.646. The van der Waals surface area contributed by atoms with Crippen LogP contribution in [0.2, 0.25) is 0 Å². The summed E-state index contributed by atoms with van der Waals surface area (Å²) in [5.41, 5.74) is 0.904. The number of pyridine rings is 1. The average molecular weight is 362 g/mol. The van der Waals surface area contributed by atoms with Crippen LogP contribution in [0.1, 0.15) is 20.1 Å². The van der Waals surface area contributed by atoms with E-state index in [0.29, 0.717) is 29.5 Å². The molecule has 0 spiro atoms. The maximum Gasteiger partial charge on any atom is 0.283 e. The Morgan fingerprint density at radius 1 is 1.44 bits per heavy atom. The van der Waals surface area contributed by atoms with Crippen LogP contribution in [-0.4, -0.2) is 42.1 Å². The molecule has 0 saturated carbocycles. The van der Waals surface area contributed by atoms with Gasteiger partial charge in [-0.1, -0.05) is 0 Å². The highest BCUT2D eigenvalue weighted by Gasteiger charge is 2.19. The first-order valence-corrected chi connectivity index (χ1v) is 8.67. The van der Waals surface area contributed by atoms with Crippen LogP contribution in [0.5, 0.6) is 0 Å². The summed E-state index contributed by atoms with van der Waals surface area (Å²) in [4.78, 5) is 30.0. The number of carbonyl (C=O) groups excluding carboxylic acids is 1. The zero-order chi connectivity index (χ0) is 17.8. The first-order chi connectivity index (χ1) is 12.0. The second-order valence-corrected chi connectivity index (χ2v) is 6.87. The minimum Gasteiger partial charge on any atom is -0.378 e. The third kappa shape index (κ3) is 4.12. The molecule has 0 unspecified atom stereocenters. The number of nitrogens with one attached hydrogen (secondary N) is 1. The molecule has 3 heterocycles. The minimum atomic E-state index is -0.472. The lowest BCUT2D eigenvalue weighted by Crippen LogP contribution is -2.36. The number of nitrogens with zero attached hydrogens (tertiary/aromatic N) is 3. The van der Waals surface area contributed by atoms with E-state index in [4.69, 9.17) is 4.74 Å². The maximum absolute atomic E-state index is 12.2. The van der Waals surface area contributed by atoms with E-state index in [2.05, 4.69) is 15.2 Å². The molecule has 1 aliphatic heterocycles. The van der Waals surface area contributed by atoms with E-state index in [0.717, 1.165) is 35.8 Å². The summed E-state index contributed by atoms with van der Waals surface area (Å²) in [6, 6.07) is 5.10. The third-order valence-electron chi connectivity index (χ3n) is 3.91. The Morgan fingerprint density at radius 3 is 2.88 bits per heavy atom. The lowest BCUT2D eigenvalue weighted by molar-refractivity contribution is -0.385. The molecule has 0 aliphatic carbocycles. The molecular weight excluding hydrogens is 344 g/mol. The van der Waals surface area contributed by atoms with Gasteiger partial charge in [-0.2, -0.15) is 0 Å². The van der Waals surface area contributed by atoms with Gasteiger partial charge in [-0.15, -0.1) is 11.3 Å². The third-order valence-corrected chi connectivity index (χ3v) is 4.95. The van der Waals surface area contributed by atoms with E-state index < -0.39 is 4.92 Å². The predicted molar refractivity (Wildman–Crippen MR) is 94.1 cm³/mol. The Bertz CT molecular complexity index is 786. The van der Waals surface area contributed by atoms with Gasteiger partial charge in [0.15, 0.2) is 0 Å². The topological polar surface area (TPSA) is 97.6 Å². The van der Waals surface area contributed by atoms with Crippen molar-refractivity contribution in [2.75, 3.05) is 31.2 Å². The molecule has 2 aromatic rings. The summed E-state index contributed by atoms with van der Waals surface area (Å²) < 4.78 is 5.33. The summed E-state index contributed by atoms with van der Waals surface area (Å²) in [7, 11) is 0. The Hall–Kier alpha value is -2.52. The van der Waals surface area contributed by atoms with E-state index >= 15 is 0 Å². The van der Waals surface area contributed by atoms with Gasteiger partial charge in [-0.05, 0) is 24.6 Å². The van der Waals surface area contributed by atoms with Crippen LogP contribution in [0.15, 0.2) is 24.4 Å². The van der Waals surface area contributed by atoms with E-state index in [1.54, 1.807) is 13.1 Å². The monoisotopic (exact) mass is 362 g/mol. The molecule has 8 nitrogen and oxygen atoms in total. The SMILES string of the molecule is Cc1sc(C(=O)NCc2ccnc(N3CCOCC3)c2)cc1[N+](=O)[O-]. The van der Waals surface area contributed by atoms with Crippen molar-refractivity contribution in [3.63, 3.8) is 0 Å². The molecule has 1 saturated heterocycles. The zero-order valence-corrected chi connectivity index (χ0v) is 14.5. The average Bonchev–Trinajstić information content (AvgIpc) is 3.03. The van der Waals surface area contributed by atoms with Crippen molar-refractivity contribution < 1.29 is 14.5 Å². The van der Waals surface area contributed by atoms with Crippen LogP contribution in [-0.2, 0) is 11.3 Å². The summed E-state index contributed by atoms with van der Waals surface area (Å²) in [6.45, 7) is 4.92. The minimum absolute atomic E-state index is 0.0198. The van der Waals surface area contributed by atoms with Gasteiger partial charge in [0.2, 0.25) is 0 Å². The number of rotatable bonds is 5. The van der Waals surface area contributed by atoms with Gasteiger partial charge in [0.25, 0.3) is 11.6 Å². The second kappa shape index (κ2) is 7.58. The van der Waals surface area contributed by atoms with Crippen molar-refractivity contribution in [2.24, 2.45) is 0 Å². The molecule has 9 heteroatoms. The molecule has 0 bridgehead atoms. The fraction of sp³-hybridized carbons (Fsp3) is 0.375. The number of nitro groups is 1. The van der Waals surface area contributed by atoms with Gasteiger partial charge in [0, 0.05) is 31.9 Å². The van der Waals surface area contributed by atoms with Crippen LogP contribution < -0.4 is 10.2 Å². The Labute approximate surface area is 148 Å². The number of hydrogen-bond donors (Lipinski definition) is 1. The molecule has 25 heavy (non-hydrogen) atoms. The molecule has 0 atom stereocenters. The fourth-order valence-corrected chi connectivity index (χ4v) is 3.47. The molecule has 0 radical (unpaired) electrons. The highest BCUT2D eigenvalue weighted by Crippen LogP contribution is 2.28. The van der Waals surface area contributed by atoms with Crippen molar-refractivity contribution >= 4 is 28.7 Å². The first-order valence-electron chi connectivity index (χ1n) is 7.85. The summed E-state index contributed by atoms with van der Waals surface area (Å²) >= 11 is 1.12. The Morgan fingerprint density at radius 2 is 2.20 bits per heavy atom. The Kier molecular flexibility index (Phi) is 5.25. The van der Waals surface area contributed by atoms with E-state index in [9.17, 15) is 14.9 Å². The molecule has 132 valence electrons. The largest absolute Gasteiger partial charge is 0.378 e. The number of amides is 1. The summed E-state index contributed by atoms with van der Waals surface area (Å²) in [5.74, 6) is 0.545. The molecule has 0 aromatic carbocycles. The number of aromatic nitrogens is 1. The Balaban J connectivity index is 1.64.